The van der Waals surface area contributed by atoms with Crippen molar-refractivity contribution in [1.82, 2.24) is 0 Å². The smallest absolute Gasteiger partial charge is 0.199 e. The fourth-order valence-corrected chi connectivity index (χ4v) is 2.36. The number of nitrogens with zero attached hydrogens (tertiary/aromatic N) is 1. The first-order valence-electron chi connectivity index (χ1n) is 6.71. The molecule has 0 spiro atoms. The molecule has 0 saturated heterocycles. The molecule has 0 bridgehead atoms. The molecule has 0 saturated carbocycles. The highest BCUT2D eigenvalue weighted by molar-refractivity contribution is 5.93. The summed E-state index contributed by atoms with van der Waals surface area (Å²) in [5.74, 6) is 0. The zero-order valence-electron chi connectivity index (χ0n) is 12.2. The Labute approximate surface area is 106 Å². The molecular weight excluding hydrogens is 206 g/mol. The zero-order chi connectivity index (χ0) is 13.1. The van der Waals surface area contributed by atoms with Crippen LogP contribution in [0.15, 0.2) is 24.3 Å². The van der Waals surface area contributed by atoms with Crippen LogP contribution in [0.4, 0.5) is 5.69 Å². The van der Waals surface area contributed by atoms with Crippen LogP contribution in [0.25, 0.3) is 0 Å². The van der Waals surface area contributed by atoms with Gasteiger partial charge in [0.25, 0.3) is 0 Å². The molecule has 0 unspecified atom stereocenters. The first-order chi connectivity index (χ1) is 8.00. The van der Waals surface area contributed by atoms with Gasteiger partial charge in [0.1, 0.15) is 6.54 Å². The molecule has 2 rings (SSSR count). The molecule has 94 valence electrons. The van der Waals surface area contributed by atoms with E-state index in [1.165, 1.54) is 23.4 Å². The normalized spacial score (nSPS) is 16.4. The minimum atomic E-state index is 0.201. The number of hydrogen-bond donors (Lipinski definition) is 0. The van der Waals surface area contributed by atoms with Gasteiger partial charge in [-0.25, -0.2) is 0 Å². The number of rotatable bonds is 1. The molecule has 0 atom stereocenters. The van der Waals surface area contributed by atoms with Crippen molar-refractivity contribution in [3.63, 3.8) is 0 Å². The Hall–Kier alpha value is -1.11. The molecule has 1 aliphatic heterocycles. The predicted octanol–water partition coefficient (Wildman–Crippen LogP) is 4.52. The Balaban J connectivity index is 0.000000437. The third-order valence-corrected chi connectivity index (χ3v) is 3.49. The summed E-state index contributed by atoms with van der Waals surface area (Å²) >= 11 is 0. The van der Waals surface area contributed by atoms with Crippen LogP contribution in [0.3, 0.4) is 0 Å². The van der Waals surface area contributed by atoms with E-state index in [4.69, 9.17) is 0 Å². The van der Waals surface area contributed by atoms with Gasteiger partial charge in [0.2, 0.25) is 5.69 Å². The van der Waals surface area contributed by atoms with Crippen molar-refractivity contribution in [3.8, 4) is 0 Å². The van der Waals surface area contributed by atoms with Gasteiger partial charge in [-0.1, -0.05) is 38.5 Å². The molecule has 0 aromatic heterocycles. The Morgan fingerprint density at radius 2 is 1.59 bits per heavy atom. The van der Waals surface area contributed by atoms with Crippen molar-refractivity contribution >= 4 is 11.4 Å². The van der Waals surface area contributed by atoms with Gasteiger partial charge in [-0.2, -0.15) is 4.58 Å². The van der Waals surface area contributed by atoms with Crippen LogP contribution >= 0.6 is 0 Å². The second-order valence-electron chi connectivity index (χ2n) is 5.18. The maximum absolute atomic E-state index is 2.41. The molecule has 1 nitrogen and oxygen atoms in total. The SMILES string of the molecule is CCC.CC[N+]1=C(C)C(C)(C)c2ccccc21. The van der Waals surface area contributed by atoms with Gasteiger partial charge in [0.05, 0.1) is 5.41 Å². The minimum absolute atomic E-state index is 0.201. The average molecular weight is 232 g/mol. The molecule has 1 aliphatic rings. The molecule has 0 fully saturated rings. The van der Waals surface area contributed by atoms with Crippen molar-refractivity contribution in [2.75, 3.05) is 6.54 Å². The highest BCUT2D eigenvalue weighted by atomic mass is 15.0. The van der Waals surface area contributed by atoms with E-state index in [0.717, 1.165) is 6.54 Å². The first kappa shape index (κ1) is 14.0. The quantitative estimate of drug-likeness (QED) is 0.626. The summed E-state index contributed by atoms with van der Waals surface area (Å²) in [6.07, 6.45) is 1.25. The van der Waals surface area contributed by atoms with Gasteiger partial charge in [-0.05, 0) is 20.8 Å². The lowest BCUT2D eigenvalue weighted by atomic mass is 9.82. The fraction of sp³-hybridized carbons (Fsp3) is 0.562. The molecule has 1 heterocycles. The lowest BCUT2D eigenvalue weighted by Gasteiger charge is -2.14. The van der Waals surface area contributed by atoms with Gasteiger partial charge in [-0.3, -0.25) is 0 Å². The molecule has 0 N–H and O–H groups in total. The predicted molar refractivity (Wildman–Crippen MR) is 76.6 cm³/mol. The summed E-state index contributed by atoms with van der Waals surface area (Å²) in [6.45, 7) is 14.4. The molecule has 1 heteroatoms. The summed E-state index contributed by atoms with van der Waals surface area (Å²) in [5.41, 5.74) is 4.50. The zero-order valence-corrected chi connectivity index (χ0v) is 12.2. The molecule has 0 amide bonds. The largest absolute Gasteiger partial charge is 0.209 e. The fourth-order valence-electron chi connectivity index (χ4n) is 2.36. The summed E-state index contributed by atoms with van der Waals surface area (Å²) in [6, 6.07) is 8.72. The highest BCUT2D eigenvalue weighted by Crippen LogP contribution is 2.38. The highest BCUT2D eigenvalue weighted by Gasteiger charge is 2.41. The van der Waals surface area contributed by atoms with Gasteiger partial charge in [0, 0.05) is 18.6 Å². The van der Waals surface area contributed by atoms with E-state index in [-0.39, 0.29) is 5.41 Å². The van der Waals surface area contributed by atoms with E-state index >= 15 is 0 Å². The van der Waals surface area contributed by atoms with E-state index in [2.05, 4.69) is 70.4 Å². The second kappa shape index (κ2) is 5.48. The molecule has 0 radical (unpaired) electrons. The Morgan fingerprint density at radius 3 is 2.12 bits per heavy atom. The van der Waals surface area contributed by atoms with E-state index in [9.17, 15) is 0 Å². The average Bonchev–Trinajstić information content (AvgIpc) is 2.49. The number of fused-ring (bicyclic) bond motifs is 1. The second-order valence-corrected chi connectivity index (χ2v) is 5.18. The van der Waals surface area contributed by atoms with Gasteiger partial charge in [-0.15, -0.1) is 0 Å². The summed E-state index contributed by atoms with van der Waals surface area (Å²) in [7, 11) is 0. The van der Waals surface area contributed by atoms with Crippen molar-refractivity contribution in [3.05, 3.63) is 29.8 Å². The molecule has 1 aromatic rings. The lowest BCUT2D eigenvalue weighted by Crippen LogP contribution is -2.26. The van der Waals surface area contributed by atoms with Gasteiger partial charge >= 0.3 is 0 Å². The van der Waals surface area contributed by atoms with Gasteiger partial charge in [0.15, 0.2) is 5.71 Å². The molecule has 0 aliphatic carbocycles. The number of hydrogen-bond acceptors (Lipinski definition) is 0. The lowest BCUT2D eigenvalue weighted by molar-refractivity contribution is -0.434. The maximum atomic E-state index is 2.41. The summed E-state index contributed by atoms with van der Waals surface area (Å²) in [4.78, 5) is 0. The van der Waals surface area contributed by atoms with Crippen molar-refractivity contribution in [1.29, 1.82) is 0 Å². The Bertz CT molecular complexity index is 413. The third kappa shape index (κ3) is 2.43. The van der Waals surface area contributed by atoms with Crippen LogP contribution in [-0.2, 0) is 5.41 Å². The van der Waals surface area contributed by atoms with Gasteiger partial charge < -0.3 is 0 Å². The summed E-state index contributed by atoms with van der Waals surface area (Å²) in [5, 5.41) is 0. The van der Waals surface area contributed by atoms with E-state index in [1.54, 1.807) is 0 Å². The van der Waals surface area contributed by atoms with Crippen LogP contribution in [0.1, 0.15) is 53.5 Å². The van der Waals surface area contributed by atoms with Crippen molar-refractivity contribution in [2.45, 2.75) is 53.4 Å². The van der Waals surface area contributed by atoms with Crippen LogP contribution in [0.2, 0.25) is 0 Å². The van der Waals surface area contributed by atoms with Crippen LogP contribution < -0.4 is 0 Å². The van der Waals surface area contributed by atoms with Crippen LogP contribution in [0, 0.1) is 0 Å². The number of para-hydroxylation sites is 1. The van der Waals surface area contributed by atoms with Crippen molar-refractivity contribution in [2.24, 2.45) is 0 Å². The Kier molecular flexibility index (Phi) is 4.50. The molecule has 17 heavy (non-hydrogen) atoms. The maximum Gasteiger partial charge on any atom is 0.209 e. The van der Waals surface area contributed by atoms with E-state index in [1.807, 2.05) is 0 Å². The summed E-state index contributed by atoms with van der Waals surface area (Å²) < 4.78 is 2.41. The van der Waals surface area contributed by atoms with Crippen LogP contribution in [0.5, 0.6) is 0 Å². The topological polar surface area (TPSA) is 3.01 Å². The van der Waals surface area contributed by atoms with Crippen molar-refractivity contribution < 1.29 is 4.58 Å². The molecular formula is C16H26N+. The first-order valence-corrected chi connectivity index (χ1v) is 6.71. The number of benzene rings is 1. The Morgan fingerprint density at radius 1 is 1.06 bits per heavy atom. The van der Waals surface area contributed by atoms with E-state index < -0.39 is 0 Å². The minimum Gasteiger partial charge on any atom is -0.199 e. The standard InChI is InChI=1S/C13H18N.C3H8/c1-5-14-10(2)13(3,4)11-8-6-7-9-12(11)14;1-3-2/h6-9H,5H2,1-4H3;3H2,1-2H3/q+1;. The monoisotopic (exact) mass is 232 g/mol. The van der Waals surface area contributed by atoms with E-state index in [0.29, 0.717) is 0 Å². The molecule has 1 aromatic carbocycles. The third-order valence-electron chi connectivity index (χ3n) is 3.49. The van der Waals surface area contributed by atoms with Crippen LogP contribution in [-0.4, -0.2) is 16.8 Å².